The zero-order valence-corrected chi connectivity index (χ0v) is 12.2. The van der Waals surface area contributed by atoms with Crippen LogP contribution < -0.4 is 15.8 Å². The van der Waals surface area contributed by atoms with E-state index in [0.717, 1.165) is 12.0 Å². The van der Waals surface area contributed by atoms with Gasteiger partial charge in [0.05, 0.1) is 0 Å². The maximum atomic E-state index is 11.8. The summed E-state index contributed by atoms with van der Waals surface area (Å²) in [5.74, 6) is 0.549. The molecule has 0 aromatic heterocycles. The lowest BCUT2D eigenvalue weighted by Gasteiger charge is -2.24. The maximum Gasteiger partial charge on any atom is 0.258 e. The molecule has 0 bridgehead atoms. The molecule has 1 amide bonds. The minimum atomic E-state index is -0.207. The van der Waals surface area contributed by atoms with Crippen LogP contribution in [0.1, 0.15) is 45.7 Å². The molecule has 0 unspecified atom stereocenters. The van der Waals surface area contributed by atoms with Gasteiger partial charge in [-0.1, -0.05) is 25.1 Å². The second kappa shape index (κ2) is 6.57. The SMILES string of the molecule is CCC(C)(C)NC(=O)COc1ccccc1[C@H](C)N. The molecule has 106 valence electrons. The molecule has 0 spiro atoms. The number of carbonyl (C=O) groups excluding carboxylic acids is 1. The van der Waals surface area contributed by atoms with Gasteiger partial charge in [-0.05, 0) is 33.3 Å². The van der Waals surface area contributed by atoms with E-state index >= 15 is 0 Å². The molecule has 0 radical (unpaired) electrons. The van der Waals surface area contributed by atoms with Crippen molar-refractivity contribution in [2.24, 2.45) is 5.73 Å². The Morgan fingerprint density at radius 2 is 2.05 bits per heavy atom. The van der Waals surface area contributed by atoms with E-state index in [1.807, 2.05) is 52.0 Å². The molecule has 19 heavy (non-hydrogen) atoms. The predicted molar refractivity (Wildman–Crippen MR) is 77.1 cm³/mol. The van der Waals surface area contributed by atoms with Crippen molar-refractivity contribution in [1.82, 2.24) is 5.32 Å². The van der Waals surface area contributed by atoms with Crippen molar-refractivity contribution in [1.29, 1.82) is 0 Å². The van der Waals surface area contributed by atoms with E-state index in [-0.39, 0.29) is 24.1 Å². The molecule has 0 aliphatic heterocycles. The van der Waals surface area contributed by atoms with Gasteiger partial charge in [-0.25, -0.2) is 0 Å². The van der Waals surface area contributed by atoms with Crippen LogP contribution in [0.3, 0.4) is 0 Å². The van der Waals surface area contributed by atoms with Gasteiger partial charge in [0.2, 0.25) is 0 Å². The number of hydrogen-bond acceptors (Lipinski definition) is 3. The number of para-hydroxylation sites is 1. The minimum absolute atomic E-state index is 0.00711. The summed E-state index contributed by atoms with van der Waals surface area (Å²) in [7, 11) is 0. The molecule has 0 aliphatic carbocycles. The van der Waals surface area contributed by atoms with Gasteiger partial charge in [0, 0.05) is 17.1 Å². The molecule has 4 heteroatoms. The van der Waals surface area contributed by atoms with Crippen LogP contribution in [-0.2, 0) is 4.79 Å². The number of hydrogen-bond donors (Lipinski definition) is 2. The lowest BCUT2D eigenvalue weighted by Crippen LogP contribution is -2.44. The summed E-state index contributed by atoms with van der Waals surface area (Å²) in [6.07, 6.45) is 0.870. The normalized spacial score (nSPS) is 12.9. The molecule has 0 fully saturated rings. The van der Waals surface area contributed by atoms with Crippen molar-refractivity contribution in [2.75, 3.05) is 6.61 Å². The van der Waals surface area contributed by atoms with E-state index in [1.54, 1.807) is 0 Å². The highest BCUT2D eigenvalue weighted by atomic mass is 16.5. The molecule has 1 atom stereocenters. The van der Waals surface area contributed by atoms with Crippen LogP contribution in [-0.4, -0.2) is 18.1 Å². The quantitative estimate of drug-likeness (QED) is 0.829. The molecular weight excluding hydrogens is 240 g/mol. The van der Waals surface area contributed by atoms with E-state index in [1.165, 1.54) is 0 Å². The highest BCUT2D eigenvalue weighted by Gasteiger charge is 2.18. The monoisotopic (exact) mass is 264 g/mol. The number of benzene rings is 1. The third kappa shape index (κ3) is 4.91. The zero-order chi connectivity index (χ0) is 14.5. The van der Waals surface area contributed by atoms with Crippen LogP contribution in [0.4, 0.5) is 0 Å². The van der Waals surface area contributed by atoms with E-state index in [0.29, 0.717) is 5.75 Å². The Labute approximate surface area is 115 Å². The summed E-state index contributed by atoms with van der Waals surface area (Å²) in [6.45, 7) is 7.91. The van der Waals surface area contributed by atoms with Crippen LogP contribution in [0.5, 0.6) is 5.75 Å². The van der Waals surface area contributed by atoms with E-state index in [2.05, 4.69) is 5.32 Å². The van der Waals surface area contributed by atoms with Crippen molar-refractivity contribution >= 4 is 5.91 Å². The van der Waals surface area contributed by atoms with E-state index in [9.17, 15) is 4.79 Å². The first-order chi connectivity index (χ1) is 8.85. The Morgan fingerprint density at radius 1 is 1.42 bits per heavy atom. The standard InChI is InChI=1S/C15H24N2O2/c1-5-15(3,4)17-14(18)10-19-13-9-7-6-8-12(13)11(2)16/h6-9,11H,5,10,16H2,1-4H3,(H,17,18)/t11-/m0/s1. The molecule has 1 rings (SSSR count). The number of carbonyl (C=O) groups is 1. The van der Waals surface area contributed by atoms with Crippen molar-refractivity contribution < 1.29 is 9.53 Å². The summed E-state index contributed by atoms with van der Waals surface area (Å²) in [5.41, 5.74) is 6.56. The van der Waals surface area contributed by atoms with Crippen molar-refractivity contribution in [2.45, 2.75) is 45.7 Å². The smallest absolute Gasteiger partial charge is 0.258 e. The molecule has 3 N–H and O–H groups in total. The number of nitrogens with one attached hydrogen (secondary N) is 1. The Hall–Kier alpha value is -1.55. The summed E-state index contributed by atoms with van der Waals surface area (Å²) < 4.78 is 5.56. The van der Waals surface area contributed by atoms with Crippen LogP contribution in [0, 0.1) is 0 Å². The molecule has 0 aliphatic rings. The molecular formula is C15H24N2O2. The van der Waals surface area contributed by atoms with E-state index < -0.39 is 0 Å². The van der Waals surface area contributed by atoms with Crippen molar-refractivity contribution in [3.8, 4) is 5.75 Å². The average molecular weight is 264 g/mol. The van der Waals surface area contributed by atoms with E-state index in [4.69, 9.17) is 10.5 Å². The van der Waals surface area contributed by atoms with Gasteiger partial charge in [-0.2, -0.15) is 0 Å². The molecule has 0 heterocycles. The number of rotatable bonds is 6. The average Bonchev–Trinajstić information content (AvgIpc) is 2.36. The molecule has 0 saturated carbocycles. The third-order valence-electron chi connectivity index (χ3n) is 3.13. The van der Waals surface area contributed by atoms with Crippen LogP contribution in [0.25, 0.3) is 0 Å². The fourth-order valence-corrected chi connectivity index (χ4v) is 1.63. The Bertz CT molecular complexity index is 428. The fourth-order valence-electron chi connectivity index (χ4n) is 1.63. The first kappa shape index (κ1) is 15.5. The van der Waals surface area contributed by atoms with Crippen LogP contribution in [0.15, 0.2) is 24.3 Å². The Morgan fingerprint density at radius 3 is 2.63 bits per heavy atom. The minimum Gasteiger partial charge on any atom is -0.483 e. The third-order valence-corrected chi connectivity index (χ3v) is 3.13. The van der Waals surface area contributed by atoms with Gasteiger partial charge >= 0.3 is 0 Å². The van der Waals surface area contributed by atoms with Gasteiger partial charge in [-0.15, -0.1) is 0 Å². The van der Waals surface area contributed by atoms with Gasteiger partial charge < -0.3 is 15.8 Å². The topological polar surface area (TPSA) is 64.3 Å². The molecule has 1 aromatic rings. The Balaban J connectivity index is 2.60. The zero-order valence-electron chi connectivity index (χ0n) is 12.2. The summed E-state index contributed by atoms with van der Waals surface area (Å²) in [4.78, 5) is 11.8. The lowest BCUT2D eigenvalue weighted by atomic mass is 10.0. The largest absolute Gasteiger partial charge is 0.483 e. The van der Waals surface area contributed by atoms with Gasteiger partial charge in [0.25, 0.3) is 5.91 Å². The molecule has 0 saturated heterocycles. The lowest BCUT2D eigenvalue weighted by molar-refractivity contribution is -0.124. The summed E-state index contributed by atoms with van der Waals surface area (Å²) in [6, 6.07) is 7.40. The second-order valence-corrected chi connectivity index (χ2v) is 5.40. The highest BCUT2D eigenvalue weighted by Crippen LogP contribution is 2.23. The van der Waals surface area contributed by atoms with Crippen LogP contribution in [0.2, 0.25) is 0 Å². The molecule has 4 nitrogen and oxygen atoms in total. The van der Waals surface area contributed by atoms with Gasteiger partial charge in [-0.3, -0.25) is 4.79 Å². The maximum absolute atomic E-state index is 11.8. The Kier molecular flexibility index (Phi) is 5.36. The van der Waals surface area contributed by atoms with Gasteiger partial charge in [0.15, 0.2) is 6.61 Å². The fraction of sp³-hybridized carbons (Fsp3) is 0.533. The number of nitrogens with two attached hydrogens (primary N) is 1. The first-order valence-electron chi connectivity index (χ1n) is 6.64. The van der Waals surface area contributed by atoms with Crippen molar-refractivity contribution in [3.63, 3.8) is 0 Å². The first-order valence-corrected chi connectivity index (χ1v) is 6.64. The van der Waals surface area contributed by atoms with Gasteiger partial charge in [0.1, 0.15) is 5.75 Å². The van der Waals surface area contributed by atoms with Crippen LogP contribution >= 0.6 is 0 Å². The summed E-state index contributed by atoms with van der Waals surface area (Å²) in [5, 5.41) is 2.93. The molecule has 1 aromatic carbocycles. The highest BCUT2D eigenvalue weighted by molar-refractivity contribution is 5.78. The van der Waals surface area contributed by atoms with Crippen molar-refractivity contribution in [3.05, 3.63) is 29.8 Å². The second-order valence-electron chi connectivity index (χ2n) is 5.40. The number of ether oxygens (including phenoxy) is 1. The predicted octanol–water partition coefficient (Wildman–Crippen LogP) is 2.39. The summed E-state index contributed by atoms with van der Waals surface area (Å²) >= 11 is 0. The number of amides is 1.